The smallest absolute Gasteiger partial charge is 0.280 e. The van der Waals surface area contributed by atoms with Gasteiger partial charge in [0.2, 0.25) is 17.1 Å². The van der Waals surface area contributed by atoms with Gasteiger partial charge in [-0.3, -0.25) is 10.9 Å². The number of nitrogens with two attached hydrogens (primary N) is 1. The SMILES string of the molecule is CCCN.Clc1ncnc(NNc2nnc(C3CNCCO3)nn2)n1. The minimum absolute atomic E-state index is 0.0729. The summed E-state index contributed by atoms with van der Waals surface area (Å²) >= 11 is 5.63. The van der Waals surface area contributed by atoms with E-state index in [2.05, 4.69) is 58.4 Å². The summed E-state index contributed by atoms with van der Waals surface area (Å²) in [6.07, 6.45) is 2.14. The van der Waals surface area contributed by atoms with Crippen LogP contribution in [0.5, 0.6) is 0 Å². The summed E-state index contributed by atoms with van der Waals surface area (Å²) < 4.78 is 5.50. The molecule has 1 fully saturated rings. The van der Waals surface area contributed by atoms with E-state index in [1.165, 1.54) is 6.33 Å². The Morgan fingerprint density at radius 3 is 2.56 bits per heavy atom. The Labute approximate surface area is 149 Å². The molecule has 136 valence electrons. The number of morpholine rings is 1. The van der Waals surface area contributed by atoms with Crippen molar-refractivity contribution in [2.45, 2.75) is 19.4 Å². The number of rotatable bonds is 5. The highest BCUT2D eigenvalue weighted by Crippen LogP contribution is 2.12. The zero-order chi connectivity index (χ0) is 17.9. The molecule has 2 aromatic rings. The van der Waals surface area contributed by atoms with Crippen molar-refractivity contribution in [3.63, 3.8) is 0 Å². The van der Waals surface area contributed by atoms with Crippen LogP contribution in [0, 0.1) is 0 Å². The Morgan fingerprint density at radius 2 is 1.96 bits per heavy atom. The Morgan fingerprint density at radius 1 is 1.24 bits per heavy atom. The van der Waals surface area contributed by atoms with Crippen molar-refractivity contribution >= 4 is 23.5 Å². The molecular formula is C12H20ClN11O. The molecule has 0 aliphatic carbocycles. The largest absolute Gasteiger partial charge is 0.367 e. The van der Waals surface area contributed by atoms with Crippen LogP contribution >= 0.6 is 11.6 Å². The van der Waals surface area contributed by atoms with Crippen LogP contribution in [-0.4, -0.2) is 61.6 Å². The normalized spacial score (nSPS) is 16.5. The summed E-state index contributed by atoms with van der Waals surface area (Å²) in [6.45, 7) is 4.93. The Hall–Kier alpha value is -2.28. The van der Waals surface area contributed by atoms with Crippen LogP contribution in [0.15, 0.2) is 6.33 Å². The molecule has 0 radical (unpaired) electrons. The topological polar surface area (TPSA) is 162 Å². The quantitative estimate of drug-likeness (QED) is 0.503. The highest BCUT2D eigenvalue weighted by atomic mass is 35.5. The minimum atomic E-state index is -0.233. The Balaban J connectivity index is 0.000000511. The first kappa shape index (κ1) is 19.1. The van der Waals surface area contributed by atoms with E-state index in [-0.39, 0.29) is 23.3 Å². The van der Waals surface area contributed by atoms with Gasteiger partial charge in [-0.25, -0.2) is 4.98 Å². The van der Waals surface area contributed by atoms with Crippen molar-refractivity contribution in [3.8, 4) is 0 Å². The molecule has 1 saturated heterocycles. The van der Waals surface area contributed by atoms with Crippen molar-refractivity contribution < 1.29 is 4.74 Å². The van der Waals surface area contributed by atoms with E-state index in [4.69, 9.17) is 22.1 Å². The lowest BCUT2D eigenvalue weighted by Gasteiger charge is -2.21. The molecule has 1 aliphatic rings. The molecule has 1 aliphatic heterocycles. The van der Waals surface area contributed by atoms with Gasteiger partial charge in [0.05, 0.1) is 6.61 Å². The van der Waals surface area contributed by atoms with E-state index in [0.29, 0.717) is 19.0 Å². The summed E-state index contributed by atoms with van der Waals surface area (Å²) in [4.78, 5) is 11.3. The molecule has 5 N–H and O–H groups in total. The lowest BCUT2D eigenvalue weighted by Crippen LogP contribution is -2.34. The lowest BCUT2D eigenvalue weighted by molar-refractivity contribution is 0.0208. The van der Waals surface area contributed by atoms with Crippen LogP contribution in [0.25, 0.3) is 0 Å². The van der Waals surface area contributed by atoms with Gasteiger partial charge >= 0.3 is 0 Å². The Kier molecular flexibility index (Phi) is 8.04. The summed E-state index contributed by atoms with van der Waals surface area (Å²) in [5.74, 6) is 0.817. The fourth-order valence-corrected chi connectivity index (χ4v) is 1.72. The van der Waals surface area contributed by atoms with Gasteiger partial charge in [-0.1, -0.05) is 6.92 Å². The van der Waals surface area contributed by atoms with Gasteiger partial charge in [-0.2, -0.15) is 9.97 Å². The molecular weight excluding hydrogens is 350 g/mol. The van der Waals surface area contributed by atoms with Gasteiger partial charge in [0.1, 0.15) is 12.4 Å². The van der Waals surface area contributed by atoms with Gasteiger partial charge in [0, 0.05) is 13.1 Å². The zero-order valence-electron chi connectivity index (χ0n) is 13.7. The van der Waals surface area contributed by atoms with Gasteiger partial charge in [0.15, 0.2) is 0 Å². The Bertz CT molecular complexity index is 621. The molecule has 1 unspecified atom stereocenters. The number of hydrogen-bond donors (Lipinski definition) is 4. The second kappa shape index (κ2) is 10.6. The maximum atomic E-state index is 5.63. The maximum absolute atomic E-state index is 5.63. The number of anilines is 2. The second-order valence-corrected chi connectivity index (χ2v) is 5.10. The van der Waals surface area contributed by atoms with Crippen LogP contribution in [0.4, 0.5) is 11.9 Å². The number of aromatic nitrogens is 7. The maximum Gasteiger partial charge on any atom is 0.280 e. The first-order valence-electron chi connectivity index (χ1n) is 7.69. The molecule has 0 amide bonds. The van der Waals surface area contributed by atoms with E-state index in [1.807, 2.05) is 0 Å². The third kappa shape index (κ3) is 6.62. The van der Waals surface area contributed by atoms with Crippen LogP contribution in [0.2, 0.25) is 5.28 Å². The van der Waals surface area contributed by atoms with Crippen molar-refractivity contribution in [3.05, 3.63) is 17.4 Å². The number of hydrazine groups is 1. The minimum Gasteiger partial charge on any atom is -0.367 e. The molecule has 13 heteroatoms. The fourth-order valence-electron chi connectivity index (χ4n) is 1.60. The summed E-state index contributed by atoms with van der Waals surface area (Å²) in [7, 11) is 0. The van der Waals surface area contributed by atoms with Gasteiger partial charge in [-0.05, 0) is 24.6 Å². The van der Waals surface area contributed by atoms with Crippen LogP contribution in [-0.2, 0) is 4.74 Å². The molecule has 0 aromatic carbocycles. The summed E-state index contributed by atoms with van der Waals surface area (Å²) in [6, 6.07) is 0. The predicted octanol–water partition coefficient (Wildman–Crippen LogP) is -0.440. The van der Waals surface area contributed by atoms with Crippen LogP contribution in [0.1, 0.15) is 25.3 Å². The van der Waals surface area contributed by atoms with Crippen molar-refractivity contribution in [1.82, 2.24) is 40.7 Å². The highest BCUT2D eigenvalue weighted by Gasteiger charge is 2.19. The molecule has 0 saturated carbocycles. The molecule has 3 heterocycles. The monoisotopic (exact) mass is 369 g/mol. The number of nitrogens with one attached hydrogen (secondary N) is 3. The first-order valence-corrected chi connectivity index (χ1v) is 8.07. The van der Waals surface area contributed by atoms with Gasteiger partial charge in [0.25, 0.3) is 5.95 Å². The van der Waals surface area contributed by atoms with Gasteiger partial charge in [-0.15, -0.1) is 20.4 Å². The number of halogens is 1. The van der Waals surface area contributed by atoms with Crippen LogP contribution < -0.4 is 21.9 Å². The number of ether oxygens (including phenoxy) is 1. The molecule has 12 nitrogen and oxygen atoms in total. The summed E-state index contributed by atoms with van der Waals surface area (Å²) in [5, 5.41) is 18.9. The number of nitrogens with zero attached hydrogens (tertiary/aromatic N) is 7. The third-order valence-electron chi connectivity index (χ3n) is 2.83. The van der Waals surface area contributed by atoms with E-state index in [1.54, 1.807) is 0 Å². The molecule has 1 atom stereocenters. The highest BCUT2D eigenvalue weighted by molar-refractivity contribution is 6.28. The van der Waals surface area contributed by atoms with E-state index in [9.17, 15) is 0 Å². The van der Waals surface area contributed by atoms with E-state index in [0.717, 1.165) is 19.5 Å². The molecule has 0 spiro atoms. The lowest BCUT2D eigenvalue weighted by atomic mass is 10.3. The predicted molar refractivity (Wildman–Crippen MR) is 90.6 cm³/mol. The molecule has 0 bridgehead atoms. The van der Waals surface area contributed by atoms with Crippen LogP contribution in [0.3, 0.4) is 0 Å². The molecule has 25 heavy (non-hydrogen) atoms. The van der Waals surface area contributed by atoms with E-state index < -0.39 is 0 Å². The number of hydrogen-bond acceptors (Lipinski definition) is 12. The third-order valence-corrected chi connectivity index (χ3v) is 3.01. The molecule has 2 aromatic heterocycles. The van der Waals surface area contributed by atoms with Gasteiger partial charge < -0.3 is 15.8 Å². The van der Waals surface area contributed by atoms with Crippen molar-refractivity contribution in [1.29, 1.82) is 0 Å². The van der Waals surface area contributed by atoms with E-state index >= 15 is 0 Å². The van der Waals surface area contributed by atoms with Crippen molar-refractivity contribution in [2.75, 3.05) is 37.1 Å². The van der Waals surface area contributed by atoms with Crippen molar-refractivity contribution in [2.24, 2.45) is 5.73 Å². The fraction of sp³-hybridized carbons (Fsp3) is 0.583. The first-order chi connectivity index (χ1) is 12.2. The second-order valence-electron chi connectivity index (χ2n) is 4.76. The average molecular weight is 370 g/mol. The standard InChI is InChI=1S/C9H11ClN10O.C3H9N/c10-7-12-4-13-8(14-7)17-20-9-18-15-6(16-19-9)5-3-11-1-2-21-5;1-2-3-4/h4-5,11H,1-3H2,(H,18,19,20)(H,12,13,14,17);2-4H2,1H3. The average Bonchev–Trinajstić information content (AvgIpc) is 2.68. The summed E-state index contributed by atoms with van der Waals surface area (Å²) in [5.41, 5.74) is 10.3. The molecule has 3 rings (SSSR count). The zero-order valence-corrected chi connectivity index (χ0v) is 14.4.